The molecule has 0 aliphatic carbocycles. The highest BCUT2D eigenvalue weighted by Gasteiger charge is 2.32. The highest BCUT2D eigenvalue weighted by molar-refractivity contribution is 5.77. The molecule has 0 aromatic heterocycles. The van der Waals surface area contributed by atoms with Crippen LogP contribution in [0.5, 0.6) is 0 Å². The van der Waals surface area contributed by atoms with E-state index < -0.39 is 11.5 Å². The number of hydrogen-bond donors (Lipinski definition) is 1. The molecule has 0 unspecified atom stereocenters. The van der Waals surface area contributed by atoms with E-state index in [1.807, 2.05) is 11.9 Å². The van der Waals surface area contributed by atoms with Gasteiger partial charge in [0.05, 0.1) is 0 Å². The molecular weight excluding hydrogens is 226 g/mol. The first kappa shape index (κ1) is 14.7. The first-order chi connectivity index (χ1) is 8.16. The summed E-state index contributed by atoms with van der Waals surface area (Å²) in [6, 6.07) is 4.31. The van der Waals surface area contributed by atoms with Gasteiger partial charge in [-0.15, -0.1) is 0 Å². The Kier molecular flexibility index (Phi) is 4.17. The summed E-state index contributed by atoms with van der Waals surface area (Å²) in [7, 11) is 1.85. The van der Waals surface area contributed by atoms with E-state index >= 15 is 0 Å². The monoisotopic (exact) mass is 249 g/mol. The number of rotatable bonds is 4. The minimum atomic E-state index is -0.856. The number of nitrogens with zero attached hydrogens (tertiary/aromatic N) is 1. The summed E-state index contributed by atoms with van der Waals surface area (Å²) >= 11 is 0. The van der Waals surface area contributed by atoms with Crippen molar-refractivity contribution in [3.63, 3.8) is 0 Å². The van der Waals surface area contributed by atoms with E-state index in [-0.39, 0.29) is 0 Å². The van der Waals surface area contributed by atoms with Crippen LogP contribution in [0.4, 0.5) is 0 Å². The van der Waals surface area contributed by atoms with Crippen molar-refractivity contribution in [2.24, 2.45) is 0 Å². The number of likely N-dealkylation sites (N-methyl/N-ethyl adjacent to an activating group) is 1. The van der Waals surface area contributed by atoms with Crippen LogP contribution >= 0.6 is 0 Å². The Morgan fingerprint density at radius 2 is 1.67 bits per heavy atom. The fourth-order valence-electron chi connectivity index (χ4n) is 1.81. The molecule has 0 bridgehead atoms. The lowest BCUT2D eigenvalue weighted by Gasteiger charge is -2.32. The van der Waals surface area contributed by atoms with Gasteiger partial charge in [0.1, 0.15) is 5.54 Å². The molecule has 3 nitrogen and oxygen atoms in total. The third kappa shape index (κ3) is 2.91. The molecule has 0 saturated carbocycles. The molecule has 0 spiro atoms. The number of aliphatic carboxylic acids is 1. The largest absolute Gasteiger partial charge is 0.480 e. The molecule has 0 fully saturated rings. The molecular formula is C15H23NO2. The van der Waals surface area contributed by atoms with Gasteiger partial charge in [-0.3, -0.25) is 9.69 Å². The molecule has 1 aromatic rings. The van der Waals surface area contributed by atoms with Crippen LogP contribution < -0.4 is 0 Å². The van der Waals surface area contributed by atoms with Crippen LogP contribution in [0, 0.1) is 20.8 Å². The molecule has 1 aromatic carbocycles. The quantitative estimate of drug-likeness (QED) is 0.892. The first-order valence-corrected chi connectivity index (χ1v) is 6.17. The van der Waals surface area contributed by atoms with Crippen LogP contribution in [-0.2, 0) is 11.3 Å². The van der Waals surface area contributed by atoms with Crippen molar-refractivity contribution >= 4 is 5.97 Å². The van der Waals surface area contributed by atoms with Gasteiger partial charge >= 0.3 is 5.97 Å². The van der Waals surface area contributed by atoms with Crippen molar-refractivity contribution in [2.75, 3.05) is 7.05 Å². The smallest absolute Gasteiger partial charge is 0.323 e. The topological polar surface area (TPSA) is 40.5 Å². The predicted molar refractivity (Wildman–Crippen MR) is 73.8 cm³/mol. The van der Waals surface area contributed by atoms with Crippen LogP contribution in [0.3, 0.4) is 0 Å². The van der Waals surface area contributed by atoms with Crippen molar-refractivity contribution in [1.82, 2.24) is 4.90 Å². The van der Waals surface area contributed by atoms with Crippen molar-refractivity contribution < 1.29 is 9.90 Å². The molecule has 0 aliphatic heterocycles. The zero-order chi connectivity index (χ0) is 14.1. The van der Waals surface area contributed by atoms with Crippen LogP contribution in [-0.4, -0.2) is 28.6 Å². The summed E-state index contributed by atoms with van der Waals surface area (Å²) in [6.07, 6.45) is 0. The Hall–Kier alpha value is -1.35. The molecule has 18 heavy (non-hydrogen) atoms. The lowest BCUT2D eigenvalue weighted by Crippen LogP contribution is -2.47. The maximum Gasteiger partial charge on any atom is 0.323 e. The van der Waals surface area contributed by atoms with E-state index in [4.69, 9.17) is 0 Å². The maximum atomic E-state index is 11.2. The summed E-state index contributed by atoms with van der Waals surface area (Å²) in [5, 5.41) is 9.22. The maximum absolute atomic E-state index is 11.2. The van der Waals surface area contributed by atoms with Crippen LogP contribution in [0.25, 0.3) is 0 Å². The van der Waals surface area contributed by atoms with Crippen molar-refractivity contribution in [2.45, 2.75) is 46.7 Å². The average molecular weight is 249 g/mol. The second-order valence-electron chi connectivity index (χ2n) is 5.58. The number of aryl methyl sites for hydroxylation is 3. The van der Waals surface area contributed by atoms with Crippen LogP contribution in [0.15, 0.2) is 12.1 Å². The Labute approximate surface area is 109 Å². The van der Waals surface area contributed by atoms with Gasteiger partial charge in [-0.05, 0) is 63.9 Å². The van der Waals surface area contributed by atoms with E-state index in [9.17, 15) is 9.90 Å². The number of hydrogen-bond acceptors (Lipinski definition) is 2. The molecule has 0 heterocycles. The number of carboxylic acid groups (broad SMARTS) is 1. The van der Waals surface area contributed by atoms with Gasteiger partial charge in [-0.25, -0.2) is 0 Å². The summed E-state index contributed by atoms with van der Waals surface area (Å²) in [6.45, 7) is 10.4. The minimum absolute atomic E-state index is 0.645. The van der Waals surface area contributed by atoms with Gasteiger partial charge in [0.15, 0.2) is 0 Å². The Morgan fingerprint density at radius 1 is 1.17 bits per heavy atom. The number of carbonyl (C=O) groups is 1. The fraction of sp³-hybridized carbons (Fsp3) is 0.533. The lowest BCUT2D eigenvalue weighted by atomic mass is 9.98. The summed E-state index contributed by atoms with van der Waals surface area (Å²) < 4.78 is 0. The average Bonchev–Trinajstić information content (AvgIpc) is 2.25. The number of carboxylic acids is 1. The van der Waals surface area contributed by atoms with E-state index in [2.05, 4.69) is 32.9 Å². The zero-order valence-corrected chi connectivity index (χ0v) is 12.2. The highest BCUT2D eigenvalue weighted by atomic mass is 16.4. The predicted octanol–water partition coefficient (Wildman–Crippen LogP) is 2.91. The van der Waals surface area contributed by atoms with Crippen LogP contribution in [0.2, 0.25) is 0 Å². The van der Waals surface area contributed by atoms with E-state index in [1.54, 1.807) is 13.8 Å². The van der Waals surface area contributed by atoms with Crippen molar-refractivity contribution in [1.29, 1.82) is 0 Å². The zero-order valence-electron chi connectivity index (χ0n) is 12.2. The molecule has 1 N–H and O–H groups in total. The first-order valence-electron chi connectivity index (χ1n) is 6.17. The molecule has 0 atom stereocenters. The van der Waals surface area contributed by atoms with Crippen molar-refractivity contribution in [3.05, 3.63) is 34.4 Å². The lowest BCUT2D eigenvalue weighted by molar-refractivity contribution is -0.148. The second kappa shape index (κ2) is 5.11. The van der Waals surface area contributed by atoms with E-state index in [1.165, 1.54) is 22.3 Å². The fourth-order valence-corrected chi connectivity index (χ4v) is 1.81. The second-order valence-corrected chi connectivity index (χ2v) is 5.58. The Bertz CT molecular complexity index is 464. The molecule has 0 saturated heterocycles. The van der Waals surface area contributed by atoms with Crippen LogP contribution in [0.1, 0.15) is 36.1 Å². The van der Waals surface area contributed by atoms with Gasteiger partial charge in [0.2, 0.25) is 0 Å². The molecule has 100 valence electrons. The Balaban J connectivity index is 2.99. The third-order valence-electron chi connectivity index (χ3n) is 3.84. The molecule has 1 rings (SSSR count). The Morgan fingerprint density at radius 3 is 2.17 bits per heavy atom. The van der Waals surface area contributed by atoms with Gasteiger partial charge in [-0.2, -0.15) is 0 Å². The molecule has 0 aliphatic rings. The number of benzene rings is 1. The molecule has 3 heteroatoms. The SMILES string of the molecule is Cc1cc(C)c(CN(C)C(C)(C)C(=O)O)cc1C. The van der Waals surface area contributed by atoms with Gasteiger partial charge in [0, 0.05) is 6.54 Å². The molecule has 0 radical (unpaired) electrons. The standard InChI is InChI=1S/C15H23NO2/c1-10-7-12(3)13(8-11(10)2)9-16(6)15(4,5)14(17)18/h7-8H,9H2,1-6H3,(H,17,18). The normalized spacial score (nSPS) is 11.9. The summed E-state index contributed by atoms with van der Waals surface area (Å²) in [5.41, 5.74) is 4.07. The van der Waals surface area contributed by atoms with Gasteiger partial charge < -0.3 is 5.11 Å². The third-order valence-corrected chi connectivity index (χ3v) is 3.84. The van der Waals surface area contributed by atoms with E-state index in [0.717, 1.165) is 0 Å². The highest BCUT2D eigenvalue weighted by Crippen LogP contribution is 2.21. The minimum Gasteiger partial charge on any atom is -0.480 e. The van der Waals surface area contributed by atoms with Gasteiger partial charge in [-0.1, -0.05) is 12.1 Å². The summed E-state index contributed by atoms with van der Waals surface area (Å²) in [4.78, 5) is 13.1. The van der Waals surface area contributed by atoms with Crippen molar-refractivity contribution in [3.8, 4) is 0 Å². The van der Waals surface area contributed by atoms with E-state index in [0.29, 0.717) is 6.54 Å². The molecule has 0 amide bonds. The summed E-state index contributed by atoms with van der Waals surface area (Å²) in [5.74, 6) is -0.800. The van der Waals surface area contributed by atoms with Gasteiger partial charge in [0.25, 0.3) is 0 Å².